The number of hydrogen-bond donors (Lipinski definition) is 3. The van der Waals surface area contributed by atoms with E-state index in [1.807, 2.05) is 18.4 Å². The number of carbonyl (C=O) groups is 1. The van der Waals surface area contributed by atoms with Gasteiger partial charge in [-0.05, 0) is 23.9 Å². The van der Waals surface area contributed by atoms with Crippen molar-refractivity contribution in [3.8, 4) is 0 Å². The van der Waals surface area contributed by atoms with Crippen molar-refractivity contribution in [3.05, 3.63) is 21.9 Å². The number of morpholine rings is 1. The van der Waals surface area contributed by atoms with E-state index in [2.05, 4.69) is 10.3 Å². The van der Waals surface area contributed by atoms with Gasteiger partial charge in [-0.15, -0.1) is 11.3 Å². The molecule has 2 atom stereocenters. The van der Waals surface area contributed by atoms with Crippen LogP contribution in [0.5, 0.6) is 0 Å². The highest BCUT2D eigenvalue weighted by atomic mass is 32.1. The molecule has 0 aliphatic carbocycles. The van der Waals surface area contributed by atoms with Crippen molar-refractivity contribution < 1.29 is 14.6 Å². The van der Waals surface area contributed by atoms with E-state index >= 15 is 0 Å². The summed E-state index contributed by atoms with van der Waals surface area (Å²) in [7, 11) is 0. The third-order valence-electron chi connectivity index (χ3n) is 3.08. The number of thiophene rings is 1. The van der Waals surface area contributed by atoms with Gasteiger partial charge in [0.15, 0.2) is 0 Å². The van der Waals surface area contributed by atoms with Crippen LogP contribution in [0.4, 0.5) is 0 Å². The number of ether oxygens (including phenoxy) is 1. The Balaban J connectivity index is 2.04. The standard InChI is InChI=1S/C12H19N3O3S/c1-8-4-15(6-10(7-16)18-8)5-9-2-3-19-11(9)12(17)14-13/h2-3,8,10,16H,4-7,13H2,1H3,(H,14,17). The zero-order valence-corrected chi connectivity index (χ0v) is 11.7. The Labute approximate surface area is 116 Å². The van der Waals surface area contributed by atoms with E-state index in [0.717, 1.165) is 12.1 Å². The SMILES string of the molecule is CC1CN(Cc2ccsc2C(=O)NN)CC(CO)O1. The highest BCUT2D eigenvalue weighted by Gasteiger charge is 2.25. The van der Waals surface area contributed by atoms with Crippen LogP contribution in [0.2, 0.25) is 0 Å². The van der Waals surface area contributed by atoms with E-state index in [-0.39, 0.29) is 24.7 Å². The number of nitrogens with two attached hydrogens (primary N) is 1. The summed E-state index contributed by atoms with van der Waals surface area (Å²) in [6.07, 6.45) is -0.0782. The predicted octanol–water partition coefficient (Wildman–Crippen LogP) is -0.0668. The second kappa shape index (κ2) is 6.44. The molecule has 19 heavy (non-hydrogen) atoms. The third-order valence-corrected chi connectivity index (χ3v) is 4.04. The summed E-state index contributed by atoms with van der Waals surface area (Å²) in [6, 6.07) is 1.93. The maximum absolute atomic E-state index is 11.6. The minimum atomic E-state index is -0.259. The molecule has 0 aromatic carbocycles. The fraction of sp³-hybridized carbons (Fsp3) is 0.583. The Kier molecular flexibility index (Phi) is 4.89. The Morgan fingerprint density at radius 1 is 1.68 bits per heavy atom. The number of carbonyl (C=O) groups excluding carboxylic acids is 1. The molecule has 4 N–H and O–H groups in total. The molecule has 0 saturated carbocycles. The molecule has 1 amide bonds. The fourth-order valence-electron chi connectivity index (χ4n) is 2.34. The van der Waals surface area contributed by atoms with Gasteiger partial charge in [0, 0.05) is 19.6 Å². The average Bonchev–Trinajstić information content (AvgIpc) is 2.85. The van der Waals surface area contributed by atoms with Crippen molar-refractivity contribution in [3.63, 3.8) is 0 Å². The molecule has 106 valence electrons. The van der Waals surface area contributed by atoms with E-state index in [4.69, 9.17) is 10.6 Å². The monoisotopic (exact) mass is 285 g/mol. The van der Waals surface area contributed by atoms with Crippen molar-refractivity contribution in [2.75, 3.05) is 19.7 Å². The van der Waals surface area contributed by atoms with Crippen LogP contribution in [0.3, 0.4) is 0 Å². The lowest BCUT2D eigenvalue weighted by atomic mass is 10.1. The second-order valence-corrected chi connectivity index (χ2v) is 5.61. The number of aliphatic hydroxyl groups is 1. The van der Waals surface area contributed by atoms with Crippen LogP contribution in [-0.4, -0.2) is 47.8 Å². The largest absolute Gasteiger partial charge is 0.394 e. The van der Waals surface area contributed by atoms with Crippen LogP contribution in [0.1, 0.15) is 22.2 Å². The first-order valence-electron chi connectivity index (χ1n) is 6.20. The van der Waals surface area contributed by atoms with E-state index in [1.165, 1.54) is 11.3 Å². The molecule has 1 aliphatic heterocycles. The highest BCUT2D eigenvalue weighted by molar-refractivity contribution is 7.12. The summed E-state index contributed by atoms with van der Waals surface area (Å²) in [5.41, 5.74) is 3.12. The molecule has 0 spiro atoms. The zero-order chi connectivity index (χ0) is 13.8. The highest BCUT2D eigenvalue weighted by Crippen LogP contribution is 2.21. The van der Waals surface area contributed by atoms with Gasteiger partial charge >= 0.3 is 0 Å². The van der Waals surface area contributed by atoms with Gasteiger partial charge in [-0.1, -0.05) is 0 Å². The average molecular weight is 285 g/mol. The van der Waals surface area contributed by atoms with Crippen LogP contribution >= 0.6 is 11.3 Å². The fourth-order valence-corrected chi connectivity index (χ4v) is 3.15. The number of hydrazine groups is 1. The van der Waals surface area contributed by atoms with Crippen molar-refractivity contribution in [2.45, 2.75) is 25.7 Å². The lowest BCUT2D eigenvalue weighted by molar-refractivity contribution is -0.0972. The zero-order valence-electron chi connectivity index (χ0n) is 10.8. The molecule has 2 heterocycles. The Morgan fingerprint density at radius 2 is 2.47 bits per heavy atom. The van der Waals surface area contributed by atoms with Gasteiger partial charge in [-0.25, -0.2) is 5.84 Å². The van der Waals surface area contributed by atoms with Gasteiger partial charge in [0.2, 0.25) is 0 Å². The first-order valence-corrected chi connectivity index (χ1v) is 7.08. The van der Waals surface area contributed by atoms with Crippen LogP contribution in [0.15, 0.2) is 11.4 Å². The van der Waals surface area contributed by atoms with Crippen LogP contribution in [0, 0.1) is 0 Å². The summed E-state index contributed by atoms with van der Waals surface area (Å²) in [4.78, 5) is 14.4. The molecule has 2 unspecified atom stereocenters. The lowest BCUT2D eigenvalue weighted by Crippen LogP contribution is -2.47. The summed E-state index contributed by atoms with van der Waals surface area (Å²) < 4.78 is 5.60. The molecule has 2 rings (SSSR count). The van der Waals surface area contributed by atoms with Crippen molar-refractivity contribution in [1.82, 2.24) is 10.3 Å². The summed E-state index contributed by atoms with van der Waals surface area (Å²) >= 11 is 1.38. The number of nitrogen functional groups attached to an aromatic ring is 1. The molecule has 1 saturated heterocycles. The maximum atomic E-state index is 11.6. The molecule has 1 fully saturated rings. The van der Waals surface area contributed by atoms with Gasteiger partial charge in [-0.2, -0.15) is 0 Å². The molecule has 6 nitrogen and oxygen atoms in total. The van der Waals surface area contributed by atoms with Gasteiger partial charge in [0.25, 0.3) is 5.91 Å². The first-order chi connectivity index (χ1) is 9.13. The normalized spacial score (nSPS) is 24.4. The molecular formula is C12H19N3O3S. The van der Waals surface area contributed by atoms with Gasteiger partial charge in [0.05, 0.1) is 23.7 Å². The van der Waals surface area contributed by atoms with Crippen molar-refractivity contribution in [2.24, 2.45) is 5.84 Å². The second-order valence-electron chi connectivity index (χ2n) is 4.69. The number of aliphatic hydroxyl groups excluding tert-OH is 1. The topological polar surface area (TPSA) is 87.8 Å². The molecular weight excluding hydrogens is 266 g/mol. The molecule has 0 radical (unpaired) electrons. The summed E-state index contributed by atoms with van der Waals surface area (Å²) in [6.45, 7) is 4.11. The Hall–Kier alpha value is -0.990. The van der Waals surface area contributed by atoms with E-state index in [9.17, 15) is 9.90 Å². The summed E-state index contributed by atoms with van der Waals surface area (Å²) in [5.74, 6) is 4.91. The predicted molar refractivity (Wildman–Crippen MR) is 72.7 cm³/mol. The number of nitrogens with one attached hydrogen (secondary N) is 1. The molecule has 1 aromatic rings. The van der Waals surface area contributed by atoms with E-state index in [0.29, 0.717) is 18.0 Å². The van der Waals surface area contributed by atoms with Crippen LogP contribution < -0.4 is 11.3 Å². The number of amides is 1. The number of nitrogens with zero attached hydrogens (tertiary/aromatic N) is 1. The molecule has 0 bridgehead atoms. The minimum absolute atomic E-state index is 0.0145. The quantitative estimate of drug-likeness (QED) is 0.409. The minimum Gasteiger partial charge on any atom is -0.394 e. The number of hydrogen-bond acceptors (Lipinski definition) is 6. The Bertz CT molecular complexity index is 438. The van der Waals surface area contributed by atoms with Crippen molar-refractivity contribution >= 4 is 17.2 Å². The van der Waals surface area contributed by atoms with Gasteiger partial charge < -0.3 is 9.84 Å². The smallest absolute Gasteiger partial charge is 0.275 e. The molecule has 1 aliphatic rings. The Morgan fingerprint density at radius 3 is 3.16 bits per heavy atom. The van der Waals surface area contributed by atoms with E-state index in [1.54, 1.807) is 0 Å². The first kappa shape index (κ1) is 14.4. The van der Waals surface area contributed by atoms with Crippen molar-refractivity contribution in [1.29, 1.82) is 0 Å². The maximum Gasteiger partial charge on any atom is 0.275 e. The lowest BCUT2D eigenvalue weighted by Gasteiger charge is -2.36. The molecule has 7 heteroatoms. The van der Waals surface area contributed by atoms with Crippen LogP contribution in [0.25, 0.3) is 0 Å². The molecule has 1 aromatic heterocycles. The summed E-state index contributed by atoms with van der Waals surface area (Å²) in [5, 5.41) is 11.1. The van der Waals surface area contributed by atoms with E-state index < -0.39 is 0 Å². The van der Waals surface area contributed by atoms with Crippen LogP contribution in [-0.2, 0) is 11.3 Å². The third kappa shape index (κ3) is 3.52. The van der Waals surface area contributed by atoms with Gasteiger partial charge in [0.1, 0.15) is 0 Å². The van der Waals surface area contributed by atoms with Gasteiger partial charge in [-0.3, -0.25) is 15.1 Å². The number of rotatable bonds is 4.